The molecule has 0 saturated carbocycles. The van der Waals surface area contributed by atoms with Crippen LogP contribution in [0.2, 0.25) is 5.02 Å². The number of thiocarbonyl (C=S) groups is 1. The Kier molecular flexibility index (Phi) is 7.65. The van der Waals surface area contributed by atoms with Crippen LogP contribution >= 0.6 is 23.8 Å². The number of ether oxygens (including phenoxy) is 3. The maximum absolute atomic E-state index is 6.27. The van der Waals surface area contributed by atoms with Crippen LogP contribution in [0.15, 0.2) is 53.1 Å². The van der Waals surface area contributed by atoms with Crippen LogP contribution in [0, 0.1) is 6.92 Å². The van der Waals surface area contributed by atoms with Crippen molar-refractivity contribution >= 4 is 34.6 Å². The molecule has 0 aliphatic heterocycles. The predicted molar refractivity (Wildman–Crippen MR) is 126 cm³/mol. The third-order valence-corrected chi connectivity index (χ3v) is 5.55. The Balaban J connectivity index is 1.90. The largest absolute Gasteiger partial charge is 0.493 e. The van der Waals surface area contributed by atoms with Crippen LogP contribution in [0.3, 0.4) is 0 Å². The van der Waals surface area contributed by atoms with E-state index in [1.807, 2.05) is 54.3 Å². The number of nitrogens with zero attached hydrogens (tertiary/aromatic N) is 1. The second-order valence-electron chi connectivity index (χ2n) is 6.82. The molecule has 8 heteroatoms. The number of hydrogen-bond donors (Lipinski definition) is 1. The molecule has 0 radical (unpaired) electrons. The molecule has 0 aliphatic rings. The number of rotatable bonds is 8. The molecule has 1 N–H and O–H groups in total. The number of benzene rings is 2. The monoisotopic (exact) mass is 460 g/mol. The van der Waals surface area contributed by atoms with E-state index in [9.17, 15) is 0 Å². The highest BCUT2D eigenvalue weighted by atomic mass is 35.5. The number of furan rings is 1. The van der Waals surface area contributed by atoms with Crippen LogP contribution in [0.4, 0.5) is 5.69 Å². The zero-order valence-corrected chi connectivity index (χ0v) is 19.5. The molecule has 2 aromatic carbocycles. The molecule has 0 atom stereocenters. The molecule has 0 spiro atoms. The molecule has 31 heavy (non-hydrogen) atoms. The van der Waals surface area contributed by atoms with Gasteiger partial charge in [0.15, 0.2) is 16.6 Å². The quantitative estimate of drug-likeness (QED) is 0.435. The average molecular weight is 461 g/mol. The minimum atomic E-state index is 0.454. The highest BCUT2D eigenvalue weighted by molar-refractivity contribution is 7.80. The molecular weight excluding hydrogens is 436 g/mol. The molecule has 0 aliphatic carbocycles. The van der Waals surface area contributed by atoms with E-state index >= 15 is 0 Å². The SMILES string of the molecule is COc1ccc(CN(Cc2ccco2)C(=S)Nc2ccc(C)c(Cl)c2)c(OC)c1OC. The number of nitrogens with one attached hydrogen (secondary N) is 1. The molecule has 3 rings (SSSR count). The lowest BCUT2D eigenvalue weighted by Gasteiger charge is -2.26. The van der Waals surface area contributed by atoms with E-state index in [2.05, 4.69) is 5.32 Å². The van der Waals surface area contributed by atoms with E-state index in [0.29, 0.717) is 40.5 Å². The fourth-order valence-electron chi connectivity index (χ4n) is 3.16. The highest BCUT2D eigenvalue weighted by Crippen LogP contribution is 2.40. The van der Waals surface area contributed by atoms with Crippen LogP contribution in [0.25, 0.3) is 0 Å². The van der Waals surface area contributed by atoms with Gasteiger partial charge in [0.1, 0.15) is 5.76 Å². The van der Waals surface area contributed by atoms with Gasteiger partial charge in [-0.15, -0.1) is 0 Å². The summed E-state index contributed by atoms with van der Waals surface area (Å²) in [5.74, 6) is 2.50. The fraction of sp³-hybridized carbons (Fsp3) is 0.261. The van der Waals surface area contributed by atoms with Crippen molar-refractivity contribution in [3.8, 4) is 17.2 Å². The van der Waals surface area contributed by atoms with Gasteiger partial charge in [0.25, 0.3) is 0 Å². The van der Waals surface area contributed by atoms with E-state index in [-0.39, 0.29) is 0 Å². The zero-order chi connectivity index (χ0) is 22.4. The Morgan fingerprint density at radius 1 is 1.03 bits per heavy atom. The third kappa shape index (κ3) is 5.42. The van der Waals surface area contributed by atoms with Crippen LogP contribution in [-0.4, -0.2) is 31.3 Å². The summed E-state index contributed by atoms with van der Waals surface area (Å²) < 4.78 is 22.1. The van der Waals surface area contributed by atoms with Crippen molar-refractivity contribution in [1.29, 1.82) is 0 Å². The van der Waals surface area contributed by atoms with Crippen molar-refractivity contribution < 1.29 is 18.6 Å². The first-order valence-corrected chi connectivity index (χ1v) is 10.4. The summed E-state index contributed by atoms with van der Waals surface area (Å²) in [7, 11) is 4.77. The van der Waals surface area contributed by atoms with E-state index in [4.69, 9.17) is 42.4 Å². The molecule has 0 bridgehead atoms. The van der Waals surface area contributed by atoms with Gasteiger partial charge in [0.05, 0.1) is 34.1 Å². The number of hydrogen-bond acceptors (Lipinski definition) is 5. The Labute approximate surface area is 192 Å². The molecule has 1 aromatic heterocycles. The summed E-state index contributed by atoms with van der Waals surface area (Å²) >= 11 is 12.0. The van der Waals surface area contributed by atoms with Crippen molar-refractivity contribution in [3.63, 3.8) is 0 Å². The normalized spacial score (nSPS) is 10.5. The molecule has 3 aromatic rings. The summed E-state index contributed by atoms with van der Waals surface area (Å²) in [6.45, 7) is 2.88. The summed E-state index contributed by atoms with van der Waals surface area (Å²) in [4.78, 5) is 1.98. The lowest BCUT2D eigenvalue weighted by Crippen LogP contribution is -2.33. The van der Waals surface area contributed by atoms with Gasteiger partial charge >= 0.3 is 0 Å². The summed E-state index contributed by atoms with van der Waals surface area (Å²) in [6.07, 6.45) is 1.64. The van der Waals surface area contributed by atoms with Crippen molar-refractivity contribution in [2.45, 2.75) is 20.0 Å². The average Bonchev–Trinajstić information content (AvgIpc) is 3.28. The van der Waals surface area contributed by atoms with Crippen LogP contribution < -0.4 is 19.5 Å². The van der Waals surface area contributed by atoms with Crippen molar-refractivity contribution in [2.24, 2.45) is 0 Å². The Hall–Kier alpha value is -2.90. The van der Waals surface area contributed by atoms with Crippen LogP contribution in [-0.2, 0) is 13.1 Å². The molecule has 0 fully saturated rings. The van der Waals surface area contributed by atoms with Gasteiger partial charge in [0.2, 0.25) is 5.75 Å². The van der Waals surface area contributed by atoms with Gasteiger partial charge in [-0.25, -0.2) is 0 Å². The van der Waals surface area contributed by atoms with Crippen LogP contribution in [0.1, 0.15) is 16.9 Å². The second kappa shape index (κ2) is 10.4. The van der Waals surface area contributed by atoms with Gasteiger partial charge in [-0.3, -0.25) is 0 Å². The van der Waals surface area contributed by atoms with Gasteiger partial charge < -0.3 is 28.8 Å². The Bertz CT molecular complexity index is 1040. The van der Waals surface area contributed by atoms with Gasteiger partial charge in [-0.1, -0.05) is 17.7 Å². The molecule has 1 heterocycles. The maximum atomic E-state index is 6.27. The highest BCUT2D eigenvalue weighted by Gasteiger charge is 2.20. The molecular formula is C23H25ClN2O4S. The maximum Gasteiger partial charge on any atom is 0.203 e. The topological polar surface area (TPSA) is 56.1 Å². The Morgan fingerprint density at radius 2 is 1.81 bits per heavy atom. The number of methoxy groups -OCH3 is 3. The van der Waals surface area contributed by atoms with Crippen LogP contribution in [0.5, 0.6) is 17.2 Å². The van der Waals surface area contributed by atoms with Gasteiger partial charge in [-0.2, -0.15) is 0 Å². The lowest BCUT2D eigenvalue weighted by atomic mass is 10.1. The minimum Gasteiger partial charge on any atom is -0.493 e. The van der Waals surface area contributed by atoms with Gasteiger partial charge in [-0.05, 0) is 61.1 Å². The zero-order valence-electron chi connectivity index (χ0n) is 17.9. The molecule has 0 unspecified atom stereocenters. The van der Waals surface area contributed by atoms with Crippen molar-refractivity contribution in [3.05, 3.63) is 70.6 Å². The van der Waals surface area contributed by atoms with E-state index in [1.165, 1.54) is 0 Å². The second-order valence-corrected chi connectivity index (χ2v) is 7.62. The lowest BCUT2D eigenvalue weighted by molar-refractivity contribution is 0.313. The van der Waals surface area contributed by atoms with E-state index in [0.717, 1.165) is 22.6 Å². The first-order chi connectivity index (χ1) is 15.0. The summed E-state index contributed by atoms with van der Waals surface area (Å²) in [6, 6.07) is 13.3. The number of aryl methyl sites for hydroxylation is 1. The standard InChI is InChI=1S/C23H25ClN2O4S/c1-15-7-9-17(12-19(15)24)25-23(31)26(14-18-6-5-11-30-18)13-16-8-10-20(27-2)22(29-4)21(16)28-3/h5-12H,13-14H2,1-4H3,(H,25,31). The van der Waals surface area contributed by atoms with Crippen molar-refractivity contribution in [1.82, 2.24) is 4.90 Å². The van der Waals surface area contributed by atoms with E-state index < -0.39 is 0 Å². The third-order valence-electron chi connectivity index (χ3n) is 4.78. The molecule has 0 amide bonds. The number of anilines is 1. The molecule has 6 nitrogen and oxygen atoms in total. The first kappa shape index (κ1) is 22.8. The summed E-state index contributed by atoms with van der Waals surface area (Å²) in [5, 5.41) is 4.46. The first-order valence-electron chi connectivity index (χ1n) is 9.59. The Morgan fingerprint density at radius 3 is 2.42 bits per heavy atom. The smallest absolute Gasteiger partial charge is 0.203 e. The molecule has 164 valence electrons. The molecule has 0 saturated heterocycles. The summed E-state index contributed by atoms with van der Waals surface area (Å²) in [5.41, 5.74) is 2.70. The number of halogens is 1. The minimum absolute atomic E-state index is 0.454. The van der Waals surface area contributed by atoms with E-state index in [1.54, 1.807) is 27.6 Å². The predicted octanol–water partition coefficient (Wildman–Crippen LogP) is 5.67. The van der Waals surface area contributed by atoms with Gasteiger partial charge in [0, 0.05) is 22.8 Å². The fourth-order valence-corrected chi connectivity index (χ4v) is 3.58. The van der Waals surface area contributed by atoms with Crippen molar-refractivity contribution in [2.75, 3.05) is 26.6 Å².